The van der Waals surface area contributed by atoms with E-state index in [2.05, 4.69) is 5.10 Å². The first-order valence-corrected chi connectivity index (χ1v) is 7.55. The van der Waals surface area contributed by atoms with Crippen LogP contribution in [0, 0.1) is 0 Å². The van der Waals surface area contributed by atoms with Crippen LogP contribution in [0.2, 0.25) is 0 Å². The fraction of sp³-hybridized carbons (Fsp3) is 0.412. The van der Waals surface area contributed by atoms with Crippen LogP contribution >= 0.6 is 0 Å². The molecule has 2 heterocycles. The number of carbonyl (C=O) groups is 1. The molecular weight excluding hydrogens is 294 g/mol. The van der Waals surface area contributed by atoms with Crippen molar-refractivity contribution >= 4 is 6.09 Å². The summed E-state index contributed by atoms with van der Waals surface area (Å²) < 4.78 is 12.5. The Morgan fingerprint density at radius 2 is 1.87 bits per heavy atom. The molecule has 0 atom stereocenters. The summed E-state index contributed by atoms with van der Waals surface area (Å²) >= 11 is 0. The third kappa shape index (κ3) is 3.16. The molecule has 1 amide bonds. The summed E-state index contributed by atoms with van der Waals surface area (Å²) in [6.07, 6.45) is 1.51. The zero-order valence-corrected chi connectivity index (χ0v) is 13.9. The summed E-state index contributed by atoms with van der Waals surface area (Å²) in [6.45, 7) is 6.63. The Hall–Kier alpha value is -2.50. The van der Waals surface area contributed by atoms with E-state index >= 15 is 0 Å². The van der Waals surface area contributed by atoms with E-state index in [0.717, 1.165) is 22.7 Å². The van der Waals surface area contributed by atoms with Crippen molar-refractivity contribution in [1.82, 2.24) is 14.7 Å². The molecule has 0 saturated carbocycles. The molecule has 0 radical (unpaired) electrons. The maximum atomic E-state index is 12.2. The first kappa shape index (κ1) is 15.4. The first-order chi connectivity index (χ1) is 10.9. The van der Waals surface area contributed by atoms with Crippen molar-refractivity contribution in [3.63, 3.8) is 0 Å². The zero-order chi connectivity index (χ0) is 16.6. The molecule has 0 unspecified atom stereocenters. The van der Waals surface area contributed by atoms with Gasteiger partial charge in [-0.15, -0.1) is 0 Å². The maximum absolute atomic E-state index is 12.2. The third-order valence-corrected chi connectivity index (χ3v) is 3.63. The van der Waals surface area contributed by atoms with E-state index in [1.807, 2.05) is 55.9 Å². The Morgan fingerprint density at radius 1 is 1.17 bits per heavy atom. The number of aromatic nitrogens is 2. The number of carbonyl (C=O) groups excluding carboxylic acids is 1. The fourth-order valence-electron chi connectivity index (χ4n) is 2.55. The van der Waals surface area contributed by atoms with Crippen LogP contribution in [0.15, 0.2) is 30.5 Å². The highest BCUT2D eigenvalue weighted by atomic mass is 16.6. The highest BCUT2D eigenvalue weighted by Crippen LogP contribution is 2.27. The summed E-state index contributed by atoms with van der Waals surface area (Å²) in [6, 6.07) is 7.68. The highest BCUT2D eigenvalue weighted by Gasteiger charge is 2.30. The van der Waals surface area contributed by atoms with Crippen LogP contribution in [0.1, 0.15) is 32.0 Å². The van der Waals surface area contributed by atoms with Gasteiger partial charge in [-0.1, -0.05) is 0 Å². The van der Waals surface area contributed by atoms with Crippen LogP contribution in [-0.2, 0) is 17.8 Å². The lowest BCUT2D eigenvalue weighted by Crippen LogP contribution is -2.33. The summed E-state index contributed by atoms with van der Waals surface area (Å²) in [7, 11) is 1.64. The molecule has 122 valence electrons. The number of nitrogens with zero attached hydrogens (tertiary/aromatic N) is 3. The molecule has 0 spiro atoms. The second-order valence-electron chi connectivity index (χ2n) is 6.56. The number of hydrogen-bond donors (Lipinski definition) is 0. The second kappa shape index (κ2) is 5.61. The van der Waals surface area contributed by atoms with Crippen molar-refractivity contribution in [2.45, 2.75) is 39.5 Å². The molecule has 0 aliphatic carbocycles. The van der Waals surface area contributed by atoms with Crippen molar-refractivity contribution in [3.05, 3.63) is 41.7 Å². The number of fused-ring (bicyclic) bond motifs is 1. The molecular formula is C17H21N3O3. The van der Waals surface area contributed by atoms with Gasteiger partial charge in [-0.05, 0) is 45.0 Å². The number of amides is 1. The van der Waals surface area contributed by atoms with Gasteiger partial charge in [0, 0.05) is 5.56 Å². The molecule has 6 heteroatoms. The van der Waals surface area contributed by atoms with Gasteiger partial charge in [0.1, 0.15) is 11.4 Å². The average molecular weight is 315 g/mol. The first-order valence-electron chi connectivity index (χ1n) is 7.55. The van der Waals surface area contributed by atoms with Gasteiger partial charge in [0.25, 0.3) is 0 Å². The summed E-state index contributed by atoms with van der Waals surface area (Å²) in [5.41, 5.74) is 2.51. The van der Waals surface area contributed by atoms with Crippen molar-refractivity contribution in [3.8, 4) is 11.4 Å². The lowest BCUT2D eigenvalue weighted by atomic mass is 10.2. The van der Waals surface area contributed by atoms with Gasteiger partial charge in [0.05, 0.1) is 37.8 Å². The molecule has 2 aromatic rings. The standard InChI is InChI=1S/C17H21N3O3/c1-17(2,3)23-16(21)19-10-12-9-18-20(15(12)11-19)13-5-7-14(22-4)8-6-13/h5-9H,10-11H2,1-4H3. The lowest BCUT2D eigenvalue weighted by molar-refractivity contribution is 0.0239. The molecule has 1 aromatic heterocycles. The van der Waals surface area contributed by atoms with Crippen LogP contribution in [0.25, 0.3) is 5.69 Å². The Labute approximate surface area is 135 Å². The normalized spacial score (nSPS) is 13.8. The summed E-state index contributed by atoms with van der Waals surface area (Å²) in [5.74, 6) is 0.799. The number of benzene rings is 1. The molecule has 6 nitrogen and oxygen atoms in total. The summed E-state index contributed by atoms with van der Waals surface area (Å²) in [5, 5.41) is 4.43. The number of rotatable bonds is 2. The molecule has 0 N–H and O–H groups in total. The van der Waals surface area contributed by atoms with Gasteiger partial charge < -0.3 is 9.47 Å². The van der Waals surface area contributed by atoms with E-state index in [9.17, 15) is 4.79 Å². The molecule has 0 bridgehead atoms. The van der Waals surface area contributed by atoms with Gasteiger partial charge in [-0.25, -0.2) is 9.48 Å². The van der Waals surface area contributed by atoms with E-state index in [4.69, 9.17) is 9.47 Å². The number of ether oxygens (including phenoxy) is 2. The van der Waals surface area contributed by atoms with E-state index in [-0.39, 0.29) is 6.09 Å². The monoisotopic (exact) mass is 315 g/mol. The smallest absolute Gasteiger partial charge is 0.410 e. The Balaban J connectivity index is 1.79. The number of hydrogen-bond acceptors (Lipinski definition) is 4. The quantitative estimate of drug-likeness (QED) is 0.854. The van der Waals surface area contributed by atoms with Gasteiger partial charge in [-0.3, -0.25) is 4.90 Å². The Morgan fingerprint density at radius 3 is 2.48 bits per heavy atom. The van der Waals surface area contributed by atoms with Crippen molar-refractivity contribution in [2.24, 2.45) is 0 Å². The minimum Gasteiger partial charge on any atom is -0.497 e. The third-order valence-electron chi connectivity index (χ3n) is 3.63. The predicted molar refractivity (Wildman–Crippen MR) is 85.6 cm³/mol. The highest BCUT2D eigenvalue weighted by molar-refractivity contribution is 5.69. The zero-order valence-electron chi connectivity index (χ0n) is 13.9. The number of methoxy groups -OCH3 is 1. The molecule has 0 fully saturated rings. The van der Waals surface area contributed by atoms with Crippen LogP contribution < -0.4 is 4.74 Å². The maximum Gasteiger partial charge on any atom is 0.410 e. The lowest BCUT2D eigenvalue weighted by Gasteiger charge is -2.24. The minimum absolute atomic E-state index is 0.296. The van der Waals surface area contributed by atoms with Crippen LogP contribution in [0.4, 0.5) is 4.79 Å². The topological polar surface area (TPSA) is 56.6 Å². The molecule has 1 aliphatic rings. The predicted octanol–water partition coefficient (Wildman–Crippen LogP) is 3.13. The van der Waals surface area contributed by atoms with E-state index < -0.39 is 5.60 Å². The van der Waals surface area contributed by atoms with E-state index in [1.54, 1.807) is 12.0 Å². The van der Waals surface area contributed by atoms with Gasteiger partial charge >= 0.3 is 6.09 Å². The Bertz CT molecular complexity index is 714. The SMILES string of the molecule is COc1ccc(-n2ncc3c2CN(C(=O)OC(C)(C)C)C3)cc1. The molecule has 3 rings (SSSR count). The summed E-state index contributed by atoms with van der Waals surface area (Å²) in [4.78, 5) is 13.9. The van der Waals surface area contributed by atoms with Crippen LogP contribution in [-0.4, -0.2) is 33.5 Å². The van der Waals surface area contributed by atoms with Crippen LogP contribution in [0.5, 0.6) is 5.75 Å². The molecule has 1 aromatic carbocycles. The minimum atomic E-state index is -0.492. The molecule has 0 saturated heterocycles. The van der Waals surface area contributed by atoms with Crippen LogP contribution in [0.3, 0.4) is 0 Å². The van der Waals surface area contributed by atoms with Crippen molar-refractivity contribution in [2.75, 3.05) is 7.11 Å². The average Bonchev–Trinajstić information content (AvgIpc) is 3.05. The second-order valence-corrected chi connectivity index (χ2v) is 6.56. The van der Waals surface area contributed by atoms with E-state index in [0.29, 0.717) is 13.1 Å². The van der Waals surface area contributed by atoms with Gasteiger partial charge in [0.2, 0.25) is 0 Å². The largest absolute Gasteiger partial charge is 0.497 e. The Kier molecular flexibility index (Phi) is 3.75. The fourth-order valence-corrected chi connectivity index (χ4v) is 2.55. The van der Waals surface area contributed by atoms with Crippen molar-refractivity contribution < 1.29 is 14.3 Å². The van der Waals surface area contributed by atoms with Crippen molar-refractivity contribution in [1.29, 1.82) is 0 Å². The van der Waals surface area contributed by atoms with E-state index in [1.165, 1.54) is 0 Å². The molecule has 1 aliphatic heterocycles. The van der Waals surface area contributed by atoms with Gasteiger partial charge in [-0.2, -0.15) is 5.10 Å². The van der Waals surface area contributed by atoms with Gasteiger partial charge in [0.15, 0.2) is 0 Å². The molecule has 23 heavy (non-hydrogen) atoms.